The molecule has 0 nitrogen and oxygen atoms in total. The molecule has 0 saturated carbocycles. The monoisotopic (exact) mass is 190 g/mol. The van der Waals surface area contributed by atoms with E-state index >= 15 is 0 Å². The molecular formula is MoS2Si. The van der Waals surface area contributed by atoms with E-state index in [2.05, 4.69) is 19.6 Å². The summed E-state index contributed by atoms with van der Waals surface area (Å²) in [6, 6.07) is 0. The summed E-state index contributed by atoms with van der Waals surface area (Å²) in [6.45, 7) is 0. The third kappa shape index (κ3) is 10.2. The summed E-state index contributed by atoms with van der Waals surface area (Å²) < 4.78 is 0. The molecule has 0 aliphatic heterocycles. The average Bonchev–Trinajstić information content (AvgIpc) is 0.918. The molecule has 0 spiro atoms. The van der Waals surface area contributed by atoms with E-state index in [1.807, 2.05) is 0 Å². The van der Waals surface area contributed by atoms with E-state index in [0.717, 1.165) is 0 Å². The average molecular weight is 188 g/mol. The minimum Gasteiger partial charge on any atom is 0 e. The fourth-order valence-electron chi connectivity index (χ4n) is 0. The van der Waals surface area contributed by atoms with E-state index in [9.17, 15) is 0 Å². The van der Waals surface area contributed by atoms with Gasteiger partial charge in [0.2, 0.25) is 0 Å². The molecule has 0 saturated heterocycles. The van der Waals surface area contributed by atoms with Crippen LogP contribution in [0.2, 0.25) is 0 Å². The molecule has 0 heterocycles. The molecule has 0 atom stereocenters. The van der Waals surface area contributed by atoms with Gasteiger partial charge in [0.15, 0.2) is 0 Å². The summed E-state index contributed by atoms with van der Waals surface area (Å²) in [6.07, 6.45) is 0. The van der Waals surface area contributed by atoms with Gasteiger partial charge in [-0.2, -0.15) is 0 Å². The molecule has 0 fully saturated rings. The third-order valence-electron chi connectivity index (χ3n) is 0. The molecule has 4 heavy (non-hydrogen) atoms. The number of hydrogen-bond acceptors (Lipinski definition) is 2. The van der Waals surface area contributed by atoms with Crippen molar-refractivity contribution in [1.29, 1.82) is 0 Å². The zero-order valence-corrected chi connectivity index (χ0v) is 6.36. The SMILES string of the molecule is [S]=[Mo]=[S].[Si]. The Balaban J connectivity index is 0. The van der Waals surface area contributed by atoms with Gasteiger partial charge in [-0.05, 0) is 0 Å². The Kier molecular flexibility index (Phi) is 19.9. The largest absolute Gasteiger partial charge is 0 e. The van der Waals surface area contributed by atoms with Gasteiger partial charge in [0.25, 0.3) is 0 Å². The normalized spacial score (nSPS) is 3.00. The summed E-state index contributed by atoms with van der Waals surface area (Å²) in [4.78, 5) is 0. The van der Waals surface area contributed by atoms with Gasteiger partial charge in [-0.25, -0.2) is 0 Å². The first-order valence-corrected chi connectivity index (χ1v) is 5.92. The van der Waals surface area contributed by atoms with Crippen molar-refractivity contribution in [3.63, 3.8) is 0 Å². The van der Waals surface area contributed by atoms with Gasteiger partial charge in [0, 0.05) is 11.0 Å². The predicted octanol–water partition coefficient (Wildman–Crippen LogP) is 0.913. The first-order valence-electron chi connectivity index (χ1n) is 0.333. The summed E-state index contributed by atoms with van der Waals surface area (Å²) in [5.74, 6) is 0. The smallest absolute Gasteiger partial charge is 0 e. The van der Waals surface area contributed by atoms with Crippen molar-refractivity contribution in [2.75, 3.05) is 0 Å². The van der Waals surface area contributed by atoms with Crippen LogP contribution < -0.4 is 0 Å². The van der Waals surface area contributed by atoms with E-state index in [4.69, 9.17) is 0 Å². The van der Waals surface area contributed by atoms with E-state index in [-0.39, 0.29) is 25.9 Å². The zero-order chi connectivity index (χ0) is 2.71. The molecule has 0 aromatic rings. The fourth-order valence-corrected chi connectivity index (χ4v) is 0. The van der Waals surface area contributed by atoms with Crippen LogP contribution in [-0.2, 0) is 14.9 Å². The van der Waals surface area contributed by atoms with Crippen LogP contribution in [0, 0.1) is 0 Å². The molecule has 0 aromatic carbocycles. The molecule has 0 aliphatic rings. The molecule has 22 valence electrons. The molecule has 0 unspecified atom stereocenters. The molecule has 0 aromatic heterocycles. The van der Waals surface area contributed by atoms with Crippen LogP contribution >= 0.6 is 19.6 Å². The Morgan fingerprint density at radius 2 is 1.25 bits per heavy atom. The van der Waals surface area contributed by atoms with Crippen LogP contribution in [-0.4, -0.2) is 11.0 Å². The Bertz CT molecular complexity index is 27.0. The third-order valence-corrected chi connectivity index (χ3v) is 0. The van der Waals surface area contributed by atoms with Crippen molar-refractivity contribution < 1.29 is 14.9 Å². The molecule has 4 radical (unpaired) electrons. The first-order chi connectivity index (χ1) is 1.41. The maximum absolute atomic E-state index is 4.34. The van der Waals surface area contributed by atoms with E-state index < -0.39 is 0 Å². The van der Waals surface area contributed by atoms with Crippen molar-refractivity contribution in [3.05, 3.63) is 0 Å². The van der Waals surface area contributed by atoms with Gasteiger partial charge < -0.3 is 0 Å². The second kappa shape index (κ2) is 8.84. The van der Waals surface area contributed by atoms with Gasteiger partial charge in [-0.3, -0.25) is 0 Å². The van der Waals surface area contributed by atoms with Crippen LogP contribution in [0.5, 0.6) is 0 Å². The predicted molar refractivity (Wildman–Crippen MR) is 20.9 cm³/mol. The molecule has 0 bridgehead atoms. The van der Waals surface area contributed by atoms with Gasteiger partial charge in [0.05, 0.1) is 0 Å². The number of rotatable bonds is 0. The topological polar surface area (TPSA) is 0 Å². The fraction of sp³-hybridized carbons (Fsp3) is 0. The van der Waals surface area contributed by atoms with Crippen molar-refractivity contribution in [2.24, 2.45) is 0 Å². The minimum absolute atomic E-state index is 0. The molecule has 4 heteroatoms. The summed E-state index contributed by atoms with van der Waals surface area (Å²) in [5, 5.41) is 0. The summed E-state index contributed by atoms with van der Waals surface area (Å²) >= 11 is -0.363. The first kappa shape index (κ1) is 9.02. The summed E-state index contributed by atoms with van der Waals surface area (Å²) in [7, 11) is 8.68. The van der Waals surface area contributed by atoms with Gasteiger partial charge in [-0.1, -0.05) is 0 Å². The zero-order valence-electron chi connectivity index (χ0n) is 1.72. The standard InChI is InChI=1S/Mo.2S.Si. The van der Waals surface area contributed by atoms with Crippen LogP contribution in [0.3, 0.4) is 0 Å². The summed E-state index contributed by atoms with van der Waals surface area (Å²) in [5.41, 5.74) is 0. The van der Waals surface area contributed by atoms with Gasteiger partial charge in [0.1, 0.15) is 0 Å². The van der Waals surface area contributed by atoms with Crippen molar-refractivity contribution in [3.8, 4) is 0 Å². The Morgan fingerprint density at radius 1 is 1.25 bits per heavy atom. The van der Waals surface area contributed by atoms with E-state index in [1.54, 1.807) is 0 Å². The molecular weight excluding hydrogens is 188 g/mol. The van der Waals surface area contributed by atoms with Crippen molar-refractivity contribution in [2.45, 2.75) is 0 Å². The number of hydrogen-bond donors (Lipinski definition) is 0. The Hall–Kier alpha value is 1.35. The van der Waals surface area contributed by atoms with Crippen LogP contribution in [0.25, 0.3) is 0 Å². The van der Waals surface area contributed by atoms with Crippen LogP contribution in [0.1, 0.15) is 0 Å². The van der Waals surface area contributed by atoms with Gasteiger partial charge in [-0.15, -0.1) is 0 Å². The van der Waals surface area contributed by atoms with Crippen molar-refractivity contribution >= 4 is 30.6 Å². The maximum Gasteiger partial charge on any atom is 0 e. The van der Waals surface area contributed by atoms with Crippen molar-refractivity contribution in [1.82, 2.24) is 0 Å². The van der Waals surface area contributed by atoms with Crippen LogP contribution in [0.4, 0.5) is 0 Å². The van der Waals surface area contributed by atoms with Crippen LogP contribution in [0.15, 0.2) is 0 Å². The molecule has 0 N–H and O–H groups in total. The molecule has 0 aliphatic carbocycles. The second-order valence-electron chi connectivity index (χ2n) is 0.0680. The maximum atomic E-state index is 4.34. The minimum atomic E-state index is -0.363. The molecule has 0 rings (SSSR count). The second-order valence-corrected chi connectivity index (χ2v) is 3.62. The Morgan fingerprint density at radius 3 is 1.25 bits per heavy atom. The van der Waals surface area contributed by atoms with E-state index in [1.165, 1.54) is 0 Å². The Labute approximate surface area is 45.4 Å². The molecule has 0 amide bonds. The van der Waals surface area contributed by atoms with E-state index in [0.29, 0.717) is 0 Å². The van der Waals surface area contributed by atoms with Gasteiger partial charge >= 0.3 is 34.6 Å². The quantitative estimate of drug-likeness (QED) is 0.518.